The molecule has 0 radical (unpaired) electrons. The van der Waals surface area contributed by atoms with Gasteiger partial charge in [-0.05, 0) is 0 Å². The minimum absolute atomic E-state index is 0.0872. The number of carboxylic acids is 1. The Hall–Kier alpha value is -1.59. The van der Waals surface area contributed by atoms with Crippen LogP contribution >= 0.6 is 0 Å². The summed E-state index contributed by atoms with van der Waals surface area (Å²) in [5, 5.41) is 16.8. The Morgan fingerprint density at radius 1 is 1.44 bits per heavy atom. The summed E-state index contributed by atoms with van der Waals surface area (Å²) in [6.45, 7) is 6.03. The first-order valence-electron chi connectivity index (χ1n) is 5.06. The van der Waals surface area contributed by atoms with Crippen molar-refractivity contribution in [1.82, 2.24) is 14.8 Å². The topological polar surface area (TPSA) is 71.2 Å². The third-order valence-corrected chi connectivity index (χ3v) is 2.24. The number of rotatable bonds is 3. The molecule has 0 atom stereocenters. The van der Waals surface area contributed by atoms with Gasteiger partial charge in [0.1, 0.15) is 12.4 Å². The van der Waals surface area contributed by atoms with Gasteiger partial charge < -0.3 is 10.0 Å². The molecule has 1 N–H and O–H groups in total. The first-order valence-corrected chi connectivity index (χ1v) is 5.06. The van der Waals surface area contributed by atoms with Crippen molar-refractivity contribution < 1.29 is 9.90 Å². The van der Waals surface area contributed by atoms with E-state index in [-0.39, 0.29) is 12.0 Å². The molecule has 1 heterocycles. The van der Waals surface area contributed by atoms with Crippen LogP contribution < -0.4 is 4.90 Å². The molecule has 0 aliphatic carbocycles. The molecule has 0 bridgehead atoms. The summed E-state index contributed by atoms with van der Waals surface area (Å²) in [6, 6.07) is 0. The quantitative estimate of drug-likeness (QED) is 0.818. The van der Waals surface area contributed by atoms with Crippen LogP contribution in [0, 0.1) is 0 Å². The van der Waals surface area contributed by atoms with E-state index in [1.54, 1.807) is 11.9 Å². The van der Waals surface area contributed by atoms with E-state index in [4.69, 9.17) is 5.11 Å². The molecule has 0 fully saturated rings. The molecule has 0 aromatic carbocycles. The van der Waals surface area contributed by atoms with Gasteiger partial charge in [0.05, 0.1) is 0 Å². The fourth-order valence-electron chi connectivity index (χ4n) is 1.58. The third kappa shape index (κ3) is 2.50. The minimum Gasteiger partial charge on any atom is -0.480 e. The molecule has 0 spiro atoms. The highest BCUT2D eigenvalue weighted by Crippen LogP contribution is 2.22. The highest BCUT2D eigenvalue weighted by molar-refractivity contribution is 5.72. The number of likely N-dealkylation sites (N-methyl/N-ethyl adjacent to an activating group) is 1. The zero-order valence-corrected chi connectivity index (χ0v) is 10.4. The van der Waals surface area contributed by atoms with E-state index in [1.807, 2.05) is 32.4 Å². The van der Waals surface area contributed by atoms with Gasteiger partial charge in [-0.25, -0.2) is 0 Å². The highest BCUT2D eigenvalue weighted by Gasteiger charge is 2.23. The first-order chi connectivity index (χ1) is 7.23. The molecule has 6 nitrogen and oxygen atoms in total. The predicted octanol–water partition coefficient (Wildman–Crippen LogP) is 0.633. The molecule has 90 valence electrons. The Bertz CT molecular complexity index is 392. The lowest BCUT2D eigenvalue weighted by molar-refractivity contribution is -0.135. The number of anilines is 1. The van der Waals surface area contributed by atoms with Gasteiger partial charge in [-0.15, -0.1) is 10.2 Å². The number of aromatic nitrogens is 3. The maximum atomic E-state index is 10.6. The van der Waals surface area contributed by atoms with Crippen LogP contribution in [0.15, 0.2) is 0 Å². The molecule has 6 heteroatoms. The lowest BCUT2D eigenvalue weighted by Crippen LogP contribution is -2.28. The van der Waals surface area contributed by atoms with Crippen molar-refractivity contribution in [2.75, 3.05) is 18.5 Å². The van der Waals surface area contributed by atoms with Crippen molar-refractivity contribution in [3.8, 4) is 0 Å². The fraction of sp³-hybridized carbons (Fsp3) is 0.700. The van der Waals surface area contributed by atoms with Gasteiger partial charge in [0.2, 0.25) is 5.95 Å². The number of aliphatic carboxylic acids is 1. The van der Waals surface area contributed by atoms with Gasteiger partial charge in [0, 0.05) is 19.5 Å². The van der Waals surface area contributed by atoms with Crippen molar-refractivity contribution in [3.05, 3.63) is 5.82 Å². The zero-order chi connectivity index (χ0) is 12.5. The monoisotopic (exact) mass is 226 g/mol. The lowest BCUT2D eigenvalue weighted by Gasteiger charge is -2.19. The van der Waals surface area contributed by atoms with Crippen LogP contribution in [0.5, 0.6) is 0 Å². The molecule has 0 amide bonds. The molecule has 1 rings (SSSR count). The third-order valence-electron chi connectivity index (χ3n) is 2.24. The average Bonchev–Trinajstić information content (AvgIpc) is 2.44. The Balaban J connectivity index is 3.00. The molecular formula is C10H18N4O2. The van der Waals surface area contributed by atoms with Crippen LogP contribution in [0.25, 0.3) is 0 Å². The van der Waals surface area contributed by atoms with Crippen molar-refractivity contribution in [2.24, 2.45) is 7.05 Å². The summed E-state index contributed by atoms with van der Waals surface area (Å²) in [5.41, 5.74) is -0.107. The Labute approximate surface area is 94.9 Å². The van der Waals surface area contributed by atoms with Gasteiger partial charge in [0.25, 0.3) is 0 Å². The molecule has 1 aromatic heterocycles. The molecule has 0 unspecified atom stereocenters. The summed E-state index contributed by atoms with van der Waals surface area (Å²) in [4.78, 5) is 12.2. The number of carbonyl (C=O) groups is 1. The van der Waals surface area contributed by atoms with Crippen LogP contribution in [0.1, 0.15) is 26.6 Å². The van der Waals surface area contributed by atoms with E-state index in [2.05, 4.69) is 10.2 Å². The van der Waals surface area contributed by atoms with E-state index in [0.717, 1.165) is 5.82 Å². The number of hydrogen-bond donors (Lipinski definition) is 1. The largest absolute Gasteiger partial charge is 0.480 e. The smallest absolute Gasteiger partial charge is 0.323 e. The second kappa shape index (κ2) is 4.11. The normalized spacial score (nSPS) is 11.6. The first kappa shape index (κ1) is 12.5. The summed E-state index contributed by atoms with van der Waals surface area (Å²) in [6.07, 6.45) is 0. The fourth-order valence-corrected chi connectivity index (χ4v) is 1.58. The van der Waals surface area contributed by atoms with Crippen LogP contribution in [0.3, 0.4) is 0 Å². The molecule has 0 aliphatic rings. The molecule has 1 aromatic rings. The van der Waals surface area contributed by atoms with E-state index < -0.39 is 5.97 Å². The van der Waals surface area contributed by atoms with Crippen LogP contribution in [0.4, 0.5) is 5.95 Å². The van der Waals surface area contributed by atoms with Gasteiger partial charge in [0.15, 0.2) is 0 Å². The van der Waals surface area contributed by atoms with Gasteiger partial charge in [-0.2, -0.15) is 0 Å². The summed E-state index contributed by atoms with van der Waals surface area (Å²) in [5.74, 6) is 0.509. The standard InChI is InChI=1S/C10H18N4O2/c1-10(2,3)8-11-12-9(14(8)5)13(4)6-7(15)16/h6H2,1-5H3,(H,15,16). The number of carboxylic acid groups (broad SMARTS) is 1. The summed E-state index contributed by atoms with van der Waals surface area (Å²) >= 11 is 0. The summed E-state index contributed by atoms with van der Waals surface area (Å²) in [7, 11) is 3.53. The number of nitrogens with zero attached hydrogens (tertiary/aromatic N) is 4. The van der Waals surface area contributed by atoms with Crippen LogP contribution in [-0.4, -0.2) is 39.4 Å². The molecule has 0 saturated carbocycles. The van der Waals surface area contributed by atoms with Gasteiger partial charge >= 0.3 is 5.97 Å². The molecule has 16 heavy (non-hydrogen) atoms. The van der Waals surface area contributed by atoms with Gasteiger partial charge in [-0.1, -0.05) is 20.8 Å². The van der Waals surface area contributed by atoms with Crippen molar-refractivity contribution in [1.29, 1.82) is 0 Å². The zero-order valence-electron chi connectivity index (χ0n) is 10.4. The molecular weight excluding hydrogens is 208 g/mol. The van der Waals surface area contributed by atoms with Crippen molar-refractivity contribution in [2.45, 2.75) is 26.2 Å². The highest BCUT2D eigenvalue weighted by atomic mass is 16.4. The number of hydrogen-bond acceptors (Lipinski definition) is 4. The van der Waals surface area contributed by atoms with Crippen molar-refractivity contribution >= 4 is 11.9 Å². The predicted molar refractivity (Wildman–Crippen MR) is 60.6 cm³/mol. The van der Waals surface area contributed by atoms with E-state index in [9.17, 15) is 4.79 Å². The lowest BCUT2D eigenvalue weighted by atomic mass is 9.96. The van der Waals surface area contributed by atoms with Crippen LogP contribution in [-0.2, 0) is 17.3 Å². The SMILES string of the molecule is CN(CC(=O)O)c1nnc(C(C)(C)C)n1C. The van der Waals surface area contributed by atoms with E-state index in [1.165, 1.54) is 0 Å². The Kier molecular flexibility index (Phi) is 3.21. The second-order valence-corrected chi connectivity index (χ2v) is 4.88. The maximum absolute atomic E-state index is 10.6. The molecule has 0 aliphatic heterocycles. The Morgan fingerprint density at radius 2 is 2.00 bits per heavy atom. The average molecular weight is 226 g/mol. The van der Waals surface area contributed by atoms with E-state index in [0.29, 0.717) is 5.95 Å². The second-order valence-electron chi connectivity index (χ2n) is 4.88. The van der Waals surface area contributed by atoms with E-state index >= 15 is 0 Å². The van der Waals surface area contributed by atoms with Crippen molar-refractivity contribution in [3.63, 3.8) is 0 Å². The Morgan fingerprint density at radius 3 is 2.38 bits per heavy atom. The van der Waals surface area contributed by atoms with Gasteiger partial charge in [-0.3, -0.25) is 9.36 Å². The minimum atomic E-state index is -0.886. The van der Waals surface area contributed by atoms with Crippen LogP contribution in [0.2, 0.25) is 0 Å². The molecule has 0 saturated heterocycles. The summed E-state index contributed by atoms with van der Waals surface area (Å²) < 4.78 is 1.82. The maximum Gasteiger partial charge on any atom is 0.323 e.